The summed E-state index contributed by atoms with van der Waals surface area (Å²) in [6.45, 7) is 0. The Hall–Kier alpha value is -3.72. The van der Waals surface area contributed by atoms with Gasteiger partial charge in [-0.25, -0.2) is 4.39 Å². The first-order chi connectivity index (χ1) is 12.1. The van der Waals surface area contributed by atoms with Crippen molar-refractivity contribution in [3.63, 3.8) is 0 Å². The van der Waals surface area contributed by atoms with E-state index in [-0.39, 0.29) is 17.0 Å². The molecule has 0 saturated heterocycles. The lowest BCUT2D eigenvalue weighted by Crippen LogP contribution is -2.07. The van der Waals surface area contributed by atoms with Crippen LogP contribution in [0.25, 0.3) is 0 Å². The standard InChI is InChI=1S/C19H14FN5/c20-16-3-1-2-13(11-21)19(16)25-14-4-5-17(22)15(10-14)18(23)12-6-8-24-9-7-12/h1-10,23,25H,22H2. The second kappa shape index (κ2) is 6.81. The average molecular weight is 331 g/mol. The van der Waals surface area contributed by atoms with Crippen LogP contribution in [0.3, 0.4) is 0 Å². The molecule has 25 heavy (non-hydrogen) atoms. The van der Waals surface area contributed by atoms with Gasteiger partial charge in [-0.2, -0.15) is 5.26 Å². The van der Waals surface area contributed by atoms with E-state index in [9.17, 15) is 4.39 Å². The van der Waals surface area contributed by atoms with Crippen LogP contribution in [0, 0.1) is 22.6 Å². The number of nitriles is 1. The van der Waals surface area contributed by atoms with Gasteiger partial charge in [0.05, 0.1) is 17.0 Å². The normalized spacial score (nSPS) is 10.1. The lowest BCUT2D eigenvalue weighted by atomic mass is 10.0. The van der Waals surface area contributed by atoms with Crippen molar-refractivity contribution in [3.8, 4) is 6.07 Å². The Balaban J connectivity index is 1.99. The summed E-state index contributed by atoms with van der Waals surface area (Å²) in [7, 11) is 0. The number of nitrogens with one attached hydrogen (secondary N) is 2. The van der Waals surface area contributed by atoms with Gasteiger partial charge in [-0.15, -0.1) is 0 Å². The fraction of sp³-hybridized carbons (Fsp3) is 0. The molecule has 0 saturated carbocycles. The summed E-state index contributed by atoms with van der Waals surface area (Å²) >= 11 is 0. The SMILES string of the molecule is N#Cc1cccc(F)c1Nc1ccc(N)c(C(=N)c2ccncc2)c1. The number of anilines is 3. The number of aromatic nitrogens is 1. The van der Waals surface area contributed by atoms with Gasteiger partial charge in [0.2, 0.25) is 0 Å². The van der Waals surface area contributed by atoms with Gasteiger partial charge >= 0.3 is 0 Å². The summed E-state index contributed by atoms with van der Waals surface area (Å²) in [5, 5.41) is 20.4. The minimum absolute atomic E-state index is 0.0937. The van der Waals surface area contributed by atoms with Gasteiger partial charge in [0, 0.05) is 34.9 Å². The Labute approximate surface area is 144 Å². The number of pyridine rings is 1. The number of hydrogen-bond acceptors (Lipinski definition) is 5. The molecule has 4 N–H and O–H groups in total. The smallest absolute Gasteiger partial charge is 0.147 e. The van der Waals surface area contributed by atoms with Gasteiger partial charge in [0.25, 0.3) is 0 Å². The number of benzene rings is 2. The fourth-order valence-electron chi connectivity index (χ4n) is 2.41. The summed E-state index contributed by atoms with van der Waals surface area (Å²) in [5.41, 5.74) is 8.66. The van der Waals surface area contributed by atoms with E-state index < -0.39 is 5.82 Å². The summed E-state index contributed by atoms with van der Waals surface area (Å²) < 4.78 is 14.0. The van der Waals surface area contributed by atoms with Gasteiger partial charge in [-0.3, -0.25) is 10.4 Å². The zero-order chi connectivity index (χ0) is 17.8. The molecule has 6 heteroatoms. The second-order valence-corrected chi connectivity index (χ2v) is 5.31. The lowest BCUT2D eigenvalue weighted by molar-refractivity contribution is 0.631. The van der Waals surface area contributed by atoms with E-state index in [2.05, 4.69) is 10.3 Å². The molecule has 0 amide bonds. The van der Waals surface area contributed by atoms with Crippen molar-refractivity contribution in [2.24, 2.45) is 0 Å². The minimum atomic E-state index is -0.526. The quantitative estimate of drug-likeness (QED) is 0.500. The average Bonchev–Trinajstić information content (AvgIpc) is 2.65. The highest BCUT2D eigenvalue weighted by molar-refractivity contribution is 6.14. The first-order valence-corrected chi connectivity index (χ1v) is 7.44. The molecule has 0 atom stereocenters. The predicted molar refractivity (Wildman–Crippen MR) is 95.4 cm³/mol. The molecule has 2 aromatic carbocycles. The van der Waals surface area contributed by atoms with Crippen LogP contribution in [0.2, 0.25) is 0 Å². The number of nitrogens with zero attached hydrogens (tertiary/aromatic N) is 2. The van der Waals surface area contributed by atoms with Crippen molar-refractivity contribution in [1.82, 2.24) is 4.98 Å². The van der Waals surface area contributed by atoms with E-state index >= 15 is 0 Å². The van der Waals surface area contributed by atoms with Crippen LogP contribution in [0.1, 0.15) is 16.7 Å². The van der Waals surface area contributed by atoms with E-state index in [1.54, 1.807) is 42.7 Å². The Kier molecular flexibility index (Phi) is 4.40. The third kappa shape index (κ3) is 3.31. The van der Waals surface area contributed by atoms with Crippen molar-refractivity contribution in [3.05, 3.63) is 83.4 Å². The molecule has 5 nitrogen and oxygen atoms in total. The Morgan fingerprint density at radius 2 is 1.92 bits per heavy atom. The number of hydrogen-bond donors (Lipinski definition) is 3. The van der Waals surface area contributed by atoms with Crippen LogP contribution in [0.4, 0.5) is 21.5 Å². The number of halogens is 1. The van der Waals surface area contributed by atoms with E-state index in [4.69, 9.17) is 16.4 Å². The topological polar surface area (TPSA) is 98.6 Å². The van der Waals surface area contributed by atoms with Crippen molar-refractivity contribution < 1.29 is 4.39 Å². The maximum absolute atomic E-state index is 14.0. The lowest BCUT2D eigenvalue weighted by Gasteiger charge is -2.13. The highest BCUT2D eigenvalue weighted by atomic mass is 19.1. The van der Waals surface area contributed by atoms with Crippen molar-refractivity contribution in [2.45, 2.75) is 0 Å². The molecular formula is C19H14FN5. The van der Waals surface area contributed by atoms with Crippen molar-refractivity contribution in [1.29, 1.82) is 10.7 Å². The highest BCUT2D eigenvalue weighted by Gasteiger charge is 2.12. The largest absolute Gasteiger partial charge is 0.398 e. The summed E-state index contributed by atoms with van der Waals surface area (Å²) in [6, 6.07) is 14.6. The van der Waals surface area contributed by atoms with Crippen LogP contribution in [-0.2, 0) is 0 Å². The minimum Gasteiger partial charge on any atom is -0.398 e. The first-order valence-electron chi connectivity index (χ1n) is 7.44. The maximum Gasteiger partial charge on any atom is 0.147 e. The third-order valence-electron chi connectivity index (χ3n) is 3.70. The van der Waals surface area contributed by atoms with Gasteiger partial charge < -0.3 is 11.1 Å². The molecule has 0 unspecified atom stereocenters. The van der Waals surface area contributed by atoms with Crippen molar-refractivity contribution >= 4 is 22.8 Å². The zero-order valence-electron chi connectivity index (χ0n) is 13.1. The van der Waals surface area contributed by atoms with Crippen LogP contribution in [0.5, 0.6) is 0 Å². The summed E-state index contributed by atoms with van der Waals surface area (Å²) in [5.74, 6) is -0.526. The van der Waals surface area contributed by atoms with E-state index in [0.29, 0.717) is 22.5 Å². The van der Waals surface area contributed by atoms with Crippen LogP contribution in [0.15, 0.2) is 60.9 Å². The summed E-state index contributed by atoms with van der Waals surface area (Å²) in [6.07, 6.45) is 3.20. The first kappa shape index (κ1) is 16.1. The van der Waals surface area contributed by atoms with Crippen LogP contribution in [-0.4, -0.2) is 10.7 Å². The second-order valence-electron chi connectivity index (χ2n) is 5.31. The van der Waals surface area contributed by atoms with Gasteiger partial charge in [0.1, 0.15) is 11.9 Å². The molecule has 0 aliphatic carbocycles. The molecule has 0 aliphatic heterocycles. The Bertz CT molecular complexity index is 977. The monoisotopic (exact) mass is 331 g/mol. The van der Waals surface area contributed by atoms with E-state index in [1.807, 2.05) is 6.07 Å². The predicted octanol–water partition coefficient (Wildman–Crippen LogP) is 3.83. The molecule has 0 aliphatic rings. The highest BCUT2D eigenvalue weighted by Crippen LogP contribution is 2.27. The van der Waals surface area contributed by atoms with E-state index in [0.717, 1.165) is 0 Å². The van der Waals surface area contributed by atoms with Crippen molar-refractivity contribution in [2.75, 3.05) is 11.1 Å². The number of nitrogen functional groups attached to an aromatic ring is 1. The van der Waals surface area contributed by atoms with Gasteiger partial charge in [0.15, 0.2) is 0 Å². The number of rotatable bonds is 4. The molecule has 122 valence electrons. The van der Waals surface area contributed by atoms with Crippen LogP contribution < -0.4 is 11.1 Å². The molecular weight excluding hydrogens is 317 g/mol. The van der Waals surface area contributed by atoms with Gasteiger partial charge in [-0.05, 0) is 42.5 Å². The third-order valence-corrected chi connectivity index (χ3v) is 3.70. The zero-order valence-corrected chi connectivity index (χ0v) is 13.1. The molecule has 1 heterocycles. The Morgan fingerprint density at radius 1 is 1.16 bits per heavy atom. The van der Waals surface area contributed by atoms with E-state index in [1.165, 1.54) is 18.2 Å². The molecule has 0 spiro atoms. The number of para-hydroxylation sites is 1. The molecule has 1 aromatic heterocycles. The Morgan fingerprint density at radius 3 is 2.64 bits per heavy atom. The maximum atomic E-state index is 14.0. The molecule has 0 radical (unpaired) electrons. The summed E-state index contributed by atoms with van der Waals surface area (Å²) in [4.78, 5) is 3.93. The van der Waals surface area contributed by atoms with Gasteiger partial charge in [-0.1, -0.05) is 6.07 Å². The van der Waals surface area contributed by atoms with Crippen LogP contribution >= 0.6 is 0 Å². The fourth-order valence-corrected chi connectivity index (χ4v) is 2.41. The molecule has 0 fully saturated rings. The number of nitrogens with two attached hydrogens (primary N) is 1. The molecule has 0 bridgehead atoms. The molecule has 3 rings (SSSR count). The molecule has 3 aromatic rings.